The highest BCUT2D eigenvalue weighted by atomic mass is 35.5. The molecular formula is C15H22ClNS2. The monoisotopic (exact) mass is 315 g/mol. The molecule has 2 rings (SSSR count). The van der Waals surface area contributed by atoms with E-state index >= 15 is 0 Å². The number of thiophene rings is 2. The molecule has 0 saturated heterocycles. The van der Waals surface area contributed by atoms with Gasteiger partial charge in [0.05, 0.1) is 0 Å². The Balaban J connectivity index is 0.00000180. The second-order valence-corrected chi connectivity index (χ2v) is 6.70. The second kappa shape index (κ2) is 8.05. The minimum Gasteiger partial charge on any atom is -0.304 e. The largest absolute Gasteiger partial charge is 0.304 e. The number of rotatable bonds is 6. The minimum atomic E-state index is 0. The Bertz CT molecular complexity index is 404. The van der Waals surface area contributed by atoms with Crippen molar-refractivity contribution in [1.29, 1.82) is 0 Å². The molecule has 106 valence electrons. The van der Waals surface area contributed by atoms with E-state index in [-0.39, 0.29) is 12.4 Å². The molecule has 0 N–H and O–H groups in total. The summed E-state index contributed by atoms with van der Waals surface area (Å²) in [6.45, 7) is 5.67. The molecule has 1 nitrogen and oxygen atoms in total. The van der Waals surface area contributed by atoms with Crippen molar-refractivity contribution < 1.29 is 0 Å². The van der Waals surface area contributed by atoms with Crippen molar-refractivity contribution in [3.8, 4) is 0 Å². The molecule has 0 aliphatic heterocycles. The molecule has 1 unspecified atom stereocenters. The van der Waals surface area contributed by atoms with Gasteiger partial charge < -0.3 is 4.90 Å². The molecule has 19 heavy (non-hydrogen) atoms. The zero-order valence-electron chi connectivity index (χ0n) is 11.7. The van der Waals surface area contributed by atoms with Crippen LogP contribution in [0.15, 0.2) is 35.0 Å². The average molecular weight is 316 g/mol. The summed E-state index contributed by atoms with van der Waals surface area (Å²) in [6.07, 6.45) is 1.20. The van der Waals surface area contributed by atoms with Crippen molar-refractivity contribution in [1.82, 2.24) is 4.90 Å². The molecule has 0 radical (unpaired) electrons. The molecule has 2 aromatic heterocycles. The van der Waals surface area contributed by atoms with E-state index in [1.54, 1.807) is 0 Å². The normalized spacial score (nSPS) is 12.7. The first-order chi connectivity index (χ1) is 8.72. The quantitative estimate of drug-likeness (QED) is 0.717. The van der Waals surface area contributed by atoms with Crippen LogP contribution in [-0.2, 0) is 0 Å². The first-order valence-electron chi connectivity index (χ1n) is 6.49. The molecule has 2 heterocycles. The molecule has 0 bridgehead atoms. The third kappa shape index (κ3) is 4.32. The van der Waals surface area contributed by atoms with Gasteiger partial charge in [0, 0.05) is 21.7 Å². The van der Waals surface area contributed by atoms with Crippen LogP contribution in [0.1, 0.15) is 35.9 Å². The van der Waals surface area contributed by atoms with Crippen LogP contribution >= 0.6 is 35.1 Å². The van der Waals surface area contributed by atoms with E-state index in [1.165, 1.54) is 16.2 Å². The van der Waals surface area contributed by atoms with Crippen LogP contribution in [-0.4, -0.2) is 24.5 Å². The van der Waals surface area contributed by atoms with Crippen LogP contribution in [0.4, 0.5) is 0 Å². The SMILES string of the molecule is CCN(C)C(C)CC(c1cccs1)c1cccs1.Cl. The summed E-state index contributed by atoms with van der Waals surface area (Å²) in [7, 11) is 2.21. The van der Waals surface area contributed by atoms with Crippen LogP contribution in [0.5, 0.6) is 0 Å². The first-order valence-corrected chi connectivity index (χ1v) is 8.25. The van der Waals surface area contributed by atoms with Crippen molar-refractivity contribution in [2.75, 3.05) is 13.6 Å². The van der Waals surface area contributed by atoms with Crippen LogP contribution in [0.2, 0.25) is 0 Å². The van der Waals surface area contributed by atoms with Crippen LogP contribution in [0, 0.1) is 0 Å². The Kier molecular flexibility index (Phi) is 7.08. The van der Waals surface area contributed by atoms with Gasteiger partial charge in [-0.15, -0.1) is 35.1 Å². The van der Waals surface area contributed by atoms with Crippen LogP contribution in [0.25, 0.3) is 0 Å². The van der Waals surface area contributed by atoms with Crippen molar-refractivity contribution in [2.45, 2.75) is 32.2 Å². The lowest BCUT2D eigenvalue weighted by atomic mass is 9.96. The molecule has 0 aromatic carbocycles. The predicted molar refractivity (Wildman–Crippen MR) is 90.1 cm³/mol. The van der Waals surface area contributed by atoms with Crippen molar-refractivity contribution in [3.05, 3.63) is 44.8 Å². The number of hydrogen-bond donors (Lipinski definition) is 0. The molecule has 4 heteroatoms. The number of hydrogen-bond acceptors (Lipinski definition) is 3. The fourth-order valence-corrected chi connectivity index (χ4v) is 3.98. The molecular weight excluding hydrogens is 294 g/mol. The molecule has 2 aromatic rings. The number of halogens is 1. The van der Waals surface area contributed by atoms with Gasteiger partial charge in [-0.25, -0.2) is 0 Å². The molecule has 0 aliphatic carbocycles. The topological polar surface area (TPSA) is 3.24 Å². The van der Waals surface area contributed by atoms with E-state index < -0.39 is 0 Å². The summed E-state index contributed by atoms with van der Waals surface area (Å²) in [5.74, 6) is 0.564. The highest BCUT2D eigenvalue weighted by molar-refractivity contribution is 7.11. The first kappa shape index (κ1) is 16.7. The highest BCUT2D eigenvalue weighted by Gasteiger charge is 2.20. The third-order valence-corrected chi connectivity index (χ3v) is 5.57. The van der Waals surface area contributed by atoms with E-state index in [4.69, 9.17) is 0 Å². The van der Waals surface area contributed by atoms with E-state index in [0.29, 0.717) is 12.0 Å². The van der Waals surface area contributed by atoms with Gasteiger partial charge in [0.1, 0.15) is 0 Å². The Morgan fingerprint density at radius 2 is 1.63 bits per heavy atom. The maximum absolute atomic E-state index is 2.42. The number of nitrogens with zero attached hydrogens (tertiary/aromatic N) is 1. The maximum atomic E-state index is 2.42. The summed E-state index contributed by atoms with van der Waals surface area (Å²) < 4.78 is 0. The molecule has 0 amide bonds. The van der Waals surface area contributed by atoms with Gasteiger partial charge >= 0.3 is 0 Å². The Morgan fingerprint density at radius 3 is 2.00 bits per heavy atom. The fourth-order valence-electron chi connectivity index (χ4n) is 2.18. The molecule has 0 saturated carbocycles. The summed E-state index contributed by atoms with van der Waals surface area (Å²) in [4.78, 5) is 5.41. The minimum absolute atomic E-state index is 0. The van der Waals surface area contributed by atoms with Gasteiger partial charge in [-0.05, 0) is 49.8 Å². The Morgan fingerprint density at radius 1 is 1.11 bits per heavy atom. The molecule has 0 fully saturated rings. The highest BCUT2D eigenvalue weighted by Crippen LogP contribution is 2.35. The van der Waals surface area contributed by atoms with Crippen LogP contribution < -0.4 is 0 Å². The molecule has 0 aliphatic rings. The van der Waals surface area contributed by atoms with E-state index in [9.17, 15) is 0 Å². The lowest BCUT2D eigenvalue weighted by molar-refractivity contribution is 0.253. The van der Waals surface area contributed by atoms with Gasteiger partial charge in [0.25, 0.3) is 0 Å². The summed E-state index contributed by atoms with van der Waals surface area (Å²) in [5.41, 5.74) is 0. The molecule has 0 spiro atoms. The van der Waals surface area contributed by atoms with E-state index in [2.05, 4.69) is 60.8 Å². The second-order valence-electron chi connectivity index (χ2n) is 4.74. The fraction of sp³-hybridized carbons (Fsp3) is 0.467. The van der Waals surface area contributed by atoms with Gasteiger partial charge in [-0.3, -0.25) is 0 Å². The Labute approximate surface area is 130 Å². The standard InChI is InChI=1S/C15H21NS2.ClH/c1-4-16(3)12(2)11-13(14-7-5-9-17-14)15-8-6-10-18-15;/h5-10,12-13H,4,11H2,1-3H3;1H. The van der Waals surface area contributed by atoms with Gasteiger partial charge in [0.2, 0.25) is 0 Å². The molecule has 1 atom stereocenters. The third-order valence-electron chi connectivity index (χ3n) is 3.60. The smallest absolute Gasteiger partial charge is 0.0292 e. The van der Waals surface area contributed by atoms with Gasteiger partial charge in [-0.1, -0.05) is 19.1 Å². The average Bonchev–Trinajstić information content (AvgIpc) is 3.06. The van der Waals surface area contributed by atoms with Crippen molar-refractivity contribution in [3.63, 3.8) is 0 Å². The lowest BCUT2D eigenvalue weighted by Crippen LogP contribution is -2.30. The maximum Gasteiger partial charge on any atom is 0.0292 e. The van der Waals surface area contributed by atoms with Crippen molar-refractivity contribution in [2.24, 2.45) is 0 Å². The Hall–Kier alpha value is -0.350. The van der Waals surface area contributed by atoms with E-state index in [0.717, 1.165) is 6.54 Å². The van der Waals surface area contributed by atoms with E-state index in [1.807, 2.05) is 22.7 Å². The van der Waals surface area contributed by atoms with Crippen LogP contribution in [0.3, 0.4) is 0 Å². The summed E-state index contributed by atoms with van der Waals surface area (Å²) in [6, 6.07) is 9.48. The van der Waals surface area contributed by atoms with Gasteiger partial charge in [-0.2, -0.15) is 0 Å². The predicted octanol–water partition coefficient (Wildman–Crippen LogP) is 5.09. The summed E-state index contributed by atoms with van der Waals surface area (Å²) in [5, 5.41) is 4.37. The zero-order chi connectivity index (χ0) is 13.0. The van der Waals surface area contributed by atoms with Crippen molar-refractivity contribution >= 4 is 35.1 Å². The summed E-state index contributed by atoms with van der Waals surface area (Å²) >= 11 is 3.76. The zero-order valence-corrected chi connectivity index (χ0v) is 14.2. The lowest BCUT2D eigenvalue weighted by Gasteiger charge is -2.26. The van der Waals surface area contributed by atoms with Gasteiger partial charge in [0.15, 0.2) is 0 Å².